The zero-order valence-electron chi connectivity index (χ0n) is 10.5. The Morgan fingerprint density at radius 1 is 1.35 bits per heavy atom. The third kappa shape index (κ3) is 3.79. The SMILES string of the molecule is CCO[C@@H]1OC(CO)[C@H](O)[C@H](O)C1NC(=O)C(F)(F)F. The van der Waals surface area contributed by atoms with Crippen LogP contribution >= 0.6 is 0 Å². The summed E-state index contributed by atoms with van der Waals surface area (Å²) >= 11 is 0. The van der Waals surface area contributed by atoms with Crippen LogP contribution in [0.1, 0.15) is 6.92 Å². The minimum absolute atomic E-state index is 0.0318. The van der Waals surface area contributed by atoms with Gasteiger partial charge in [0, 0.05) is 6.61 Å². The van der Waals surface area contributed by atoms with E-state index >= 15 is 0 Å². The number of hydrogen-bond acceptors (Lipinski definition) is 6. The van der Waals surface area contributed by atoms with Gasteiger partial charge in [0.1, 0.15) is 24.4 Å². The molecule has 1 saturated heterocycles. The molecule has 20 heavy (non-hydrogen) atoms. The van der Waals surface area contributed by atoms with Crippen molar-refractivity contribution in [2.45, 2.75) is 43.7 Å². The van der Waals surface area contributed by atoms with Crippen LogP contribution in [0.15, 0.2) is 0 Å². The number of halogens is 3. The third-order valence-electron chi connectivity index (χ3n) is 2.77. The van der Waals surface area contributed by atoms with E-state index < -0.39 is 49.3 Å². The fourth-order valence-corrected chi connectivity index (χ4v) is 1.78. The van der Waals surface area contributed by atoms with Gasteiger partial charge >= 0.3 is 12.1 Å². The molecule has 0 aromatic carbocycles. The topological polar surface area (TPSA) is 108 Å². The largest absolute Gasteiger partial charge is 0.471 e. The second-order valence-electron chi connectivity index (χ2n) is 4.16. The van der Waals surface area contributed by atoms with Crippen molar-refractivity contribution in [2.75, 3.05) is 13.2 Å². The number of hydrogen-bond donors (Lipinski definition) is 4. The first-order chi connectivity index (χ1) is 9.22. The van der Waals surface area contributed by atoms with Crippen molar-refractivity contribution in [3.05, 3.63) is 0 Å². The number of rotatable bonds is 4. The molecule has 0 aliphatic carbocycles. The lowest BCUT2D eigenvalue weighted by Crippen LogP contribution is -2.65. The normalized spacial score (nSPS) is 34.9. The highest BCUT2D eigenvalue weighted by atomic mass is 19.4. The van der Waals surface area contributed by atoms with Gasteiger partial charge in [-0.3, -0.25) is 4.79 Å². The van der Waals surface area contributed by atoms with Crippen LogP contribution in [-0.2, 0) is 14.3 Å². The van der Waals surface area contributed by atoms with Crippen LogP contribution in [0.3, 0.4) is 0 Å². The van der Waals surface area contributed by atoms with Crippen LogP contribution in [0.2, 0.25) is 0 Å². The van der Waals surface area contributed by atoms with Gasteiger partial charge in [0.2, 0.25) is 0 Å². The molecule has 0 radical (unpaired) electrons. The Labute approximate surface area is 112 Å². The van der Waals surface area contributed by atoms with Crippen molar-refractivity contribution >= 4 is 5.91 Å². The first-order valence-corrected chi connectivity index (χ1v) is 5.84. The zero-order valence-corrected chi connectivity index (χ0v) is 10.5. The van der Waals surface area contributed by atoms with Crippen molar-refractivity contribution in [3.8, 4) is 0 Å². The Morgan fingerprint density at radius 2 is 1.95 bits per heavy atom. The van der Waals surface area contributed by atoms with Crippen molar-refractivity contribution in [1.29, 1.82) is 0 Å². The monoisotopic (exact) mass is 303 g/mol. The summed E-state index contributed by atoms with van der Waals surface area (Å²) in [7, 11) is 0. The summed E-state index contributed by atoms with van der Waals surface area (Å²) in [6, 6.07) is -1.61. The molecule has 1 amide bonds. The molecule has 7 nitrogen and oxygen atoms in total. The maximum absolute atomic E-state index is 12.2. The van der Waals surface area contributed by atoms with Crippen molar-refractivity contribution in [1.82, 2.24) is 5.32 Å². The molecule has 0 aromatic heterocycles. The van der Waals surface area contributed by atoms with Crippen molar-refractivity contribution < 1.29 is 42.8 Å². The summed E-state index contributed by atoms with van der Waals surface area (Å²) in [6.45, 7) is 0.892. The Bertz CT molecular complexity index is 339. The van der Waals surface area contributed by atoms with E-state index in [1.165, 1.54) is 12.2 Å². The van der Waals surface area contributed by atoms with Gasteiger partial charge in [0.05, 0.1) is 6.61 Å². The number of nitrogens with one attached hydrogen (secondary N) is 1. The van der Waals surface area contributed by atoms with Crippen LogP contribution < -0.4 is 5.32 Å². The van der Waals surface area contributed by atoms with E-state index in [-0.39, 0.29) is 6.61 Å². The lowest BCUT2D eigenvalue weighted by atomic mass is 9.97. The number of aliphatic hydroxyl groups is 3. The van der Waals surface area contributed by atoms with E-state index in [2.05, 4.69) is 0 Å². The van der Waals surface area contributed by atoms with Crippen LogP contribution in [-0.4, -0.2) is 71.3 Å². The lowest BCUT2D eigenvalue weighted by molar-refractivity contribution is -0.270. The maximum Gasteiger partial charge on any atom is 0.471 e. The van der Waals surface area contributed by atoms with Gasteiger partial charge in [-0.05, 0) is 6.92 Å². The minimum Gasteiger partial charge on any atom is -0.394 e. The van der Waals surface area contributed by atoms with Crippen LogP contribution in [0.4, 0.5) is 13.2 Å². The second-order valence-corrected chi connectivity index (χ2v) is 4.16. The van der Waals surface area contributed by atoms with Gasteiger partial charge in [-0.15, -0.1) is 0 Å². The van der Waals surface area contributed by atoms with E-state index in [0.717, 1.165) is 0 Å². The second kappa shape index (κ2) is 6.68. The molecule has 0 bridgehead atoms. The molecular formula is C10H16F3NO6. The van der Waals surface area contributed by atoms with Gasteiger partial charge < -0.3 is 30.1 Å². The average Bonchev–Trinajstić information content (AvgIpc) is 2.36. The number of carbonyl (C=O) groups excluding carboxylic acids is 1. The molecule has 1 fully saturated rings. The number of aliphatic hydroxyl groups excluding tert-OH is 3. The highest BCUT2D eigenvalue weighted by molar-refractivity contribution is 5.82. The van der Waals surface area contributed by atoms with Gasteiger partial charge in [-0.1, -0.05) is 0 Å². The predicted molar refractivity (Wildman–Crippen MR) is 57.4 cm³/mol. The van der Waals surface area contributed by atoms with E-state index in [9.17, 15) is 28.2 Å². The Morgan fingerprint density at radius 3 is 2.40 bits per heavy atom. The molecule has 1 rings (SSSR count). The summed E-state index contributed by atoms with van der Waals surface area (Å²) in [6.07, 6.45) is -11.2. The molecule has 4 N–H and O–H groups in total. The number of carbonyl (C=O) groups is 1. The molecule has 0 aromatic rings. The molecule has 118 valence electrons. The van der Waals surface area contributed by atoms with E-state index in [4.69, 9.17) is 14.6 Å². The summed E-state index contributed by atoms with van der Waals surface area (Å²) in [5.41, 5.74) is 0. The fourth-order valence-electron chi connectivity index (χ4n) is 1.78. The van der Waals surface area contributed by atoms with Gasteiger partial charge in [0.15, 0.2) is 6.29 Å². The lowest BCUT2D eigenvalue weighted by Gasteiger charge is -2.42. The summed E-state index contributed by atoms with van der Waals surface area (Å²) < 4.78 is 46.6. The molecule has 2 unspecified atom stereocenters. The minimum atomic E-state index is -5.14. The van der Waals surface area contributed by atoms with Crippen LogP contribution in [0.5, 0.6) is 0 Å². The molecule has 1 heterocycles. The summed E-state index contributed by atoms with van der Waals surface area (Å²) in [4.78, 5) is 10.9. The average molecular weight is 303 g/mol. The Balaban J connectivity index is 2.86. The third-order valence-corrected chi connectivity index (χ3v) is 2.77. The summed E-state index contributed by atoms with van der Waals surface area (Å²) in [5, 5.41) is 29.8. The smallest absolute Gasteiger partial charge is 0.394 e. The van der Waals surface area contributed by atoms with Gasteiger partial charge in [-0.2, -0.15) is 13.2 Å². The maximum atomic E-state index is 12.2. The Kier molecular flexibility index (Phi) is 5.71. The molecule has 0 saturated carbocycles. The molecule has 1 aliphatic rings. The standard InChI is InChI=1S/C10H16F3NO6/c1-2-19-8-5(14-9(18)10(11,12)13)7(17)6(16)4(3-15)20-8/h4-8,15-17H,2-3H2,1H3,(H,14,18)/t4?,5?,6-,7+,8+/m0/s1. The highest BCUT2D eigenvalue weighted by Crippen LogP contribution is 2.23. The van der Waals surface area contributed by atoms with Crippen molar-refractivity contribution in [2.24, 2.45) is 0 Å². The number of ether oxygens (including phenoxy) is 2. The quantitative estimate of drug-likeness (QED) is 0.504. The number of amides is 1. The Hall–Kier alpha value is -0.940. The van der Waals surface area contributed by atoms with Crippen molar-refractivity contribution in [3.63, 3.8) is 0 Å². The van der Waals surface area contributed by atoms with Gasteiger partial charge in [-0.25, -0.2) is 0 Å². The first kappa shape index (κ1) is 17.1. The van der Waals surface area contributed by atoms with E-state index in [0.29, 0.717) is 0 Å². The molecule has 10 heteroatoms. The van der Waals surface area contributed by atoms with Crippen LogP contribution in [0.25, 0.3) is 0 Å². The zero-order chi connectivity index (χ0) is 15.5. The fraction of sp³-hybridized carbons (Fsp3) is 0.900. The van der Waals surface area contributed by atoms with Gasteiger partial charge in [0.25, 0.3) is 0 Å². The van der Waals surface area contributed by atoms with Crippen LogP contribution in [0, 0.1) is 0 Å². The first-order valence-electron chi connectivity index (χ1n) is 5.84. The van der Waals surface area contributed by atoms with E-state index in [1.54, 1.807) is 0 Å². The molecule has 1 aliphatic heterocycles. The predicted octanol–water partition coefficient (Wildman–Crippen LogP) is -1.49. The highest BCUT2D eigenvalue weighted by Gasteiger charge is 2.48. The number of alkyl halides is 3. The summed E-state index contributed by atoms with van der Waals surface area (Å²) in [5.74, 6) is -2.29. The molecule has 0 spiro atoms. The molecule has 5 atom stereocenters. The van der Waals surface area contributed by atoms with E-state index in [1.807, 2.05) is 0 Å². The molecular weight excluding hydrogens is 287 g/mol.